The summed E-state index contributed by atoms with van der Waals surface area (Å²) in [6.45, 7) is 3.68. The lowest BCUT2D eigenvalue weighted by molar-refractivity contribution is -0.137. The van der Waals surface area contributed by atoms with Crippen LogP contribution in [-0.4, -0.2) is 17.6 Å². The Labute approximate surface area is 179 Å². The van der Waals surface area contributed by atoms with Crippen molar-refractivity contribution in [2.24, 2.45) is 0 Å². The number of thiazole rings is 1. The van der Waals surface area contributed by atoms with E-state index in [9.17, 15) is 22.4 Å². The molecule has 0 saturated carbocycles. The third-order valence-electron chi connectivity index (χ3n) is 4.21. The number of hydrogen-bond acceptors (Lipinski definition) is 4. The Bertz CT molecular complexity index is 1100. The lowest BCUT2D eigenvalue weighted by atomic mass is 10.1. The van der Waals surface area contributed by atoms with Gasteiger partial charge in [-0.15, -0.1) is 11.3 Å². The number of carbonyl (C=O) groups excluding carboxylic acids is 1. The molecule has 3 aromatic rings. The van der Waals surface area contributed by atoms with Gasteiger partial charge in [0, 0.05) is 6.42 Å². The molecule has 158 valence electrons. The van der Waals surface area contributed by atoms with E-state index >= 15 is 0 Å². The third-order valence-corrected chi connectivity index (χ3v) is 5.73. The van der Waals surface area contributed by atoms with E-state index in [0.29, 0.717) is 22.3 Å². The van der Waals surface area contributed by atoms with Crippen molar-refractivity contribution >= 4 is 28.9 Å². The van der Waals surface area contributed by atoms with Crippen LogP contribution >= 0.6 is 22.9 Å². The van der Waals surface area contributed by atoms with Crippen molar-refractivity contribution in [3.8, 4) is 10.4 Å². The van der Waals surface area contributed by atoms with Crippen LogP contribution in [0.5, 0.6) is 0 Å². The number of hydrogen-bond donors (Lipinski definition) is 0. The monoisotopic (exact) mass is 457 g/mol. The molecule has 0 N–H and O–H groups in total. The Kier molecular flexibility index (Phi) is 6.47. The zero-order valence-corrected chi connectivity index (χ0v) is 17.5. The van der Waals surface area contributed by atoms with Gasteiger partial charge < -0.3 is 4.74 Å². The molecule has 0 unspecified atom stereocenters. The molecular weight excluding hydrogens is 442 g/mol. The fourth-order valence-corrected chi connectivity index (χ4v) is 4.27. The van der Waals surface area contributed by atoms with Crippen molar-refractivity contribution < 1.29 is 27.1 Å². The van der Waals surface area contributed by atoms with Crippen LogP contribution in [0.3, 0.4) is 0 Å². The number of aromatic nitrogens is 1. The predicted molar refractivity (Wildman–Crippen MR) is 107 cm³/mol. The molecule has 0 spiro atoms. The summed E-state index contributed by atoms with van der Waals surface area (Å²) in [7, 11) is 0. The fourth-order valence-electron chi connectivity index (χ4n) is 2.92. The molecule has 0 radical (unpaired) electrons. The highest BCUT2D eigenvalue weighted by Crippen LogP contribution is 2.35. The van der Waals surface area contributed by atoms with E-state index in [1.165, 1.54) is 11.3 Å². The van der Waals surface area contributed by atoms with Crippen molar-refractivity contribution in [1.82, 2.24) is 4.98 Å². The first-order valence-corrected chi connectivity index (χ1v) is 10.1. The first-order chi connectivity index (χ1) is 14.1. The standard InChI is InChI=1S/C21H16ClF4NO2S/c1-3-29-20(28)16-5-4-13(9-17(16)22)19-11(2)27-18(30-19)8-12-6-14(21(24,25)26)10-15(23)7-12/h4-7,9-10H,3,8H2,1-2H3. The van der Waals surface area contributed by atoms with Crippen LogP contribution in [0.2, 0.25) is 5.02 Å². The van der Waals surface area contributed by atoms with E-state index in [-0.39, 0.29) is 29.2 Å². The molecule has 3 rings (SSSR count). The van der Waals surface area contributed by atoms with Gasteiger partial charge in [0.25, 0.3) is 0 Å². The highest BCUT2D eigenvalue weighted by atomic mass is 35.5. The zero-order chi connectivity index (χ0) is 22.1. The Balaban J connectivity index is 1.89. The van der Waals surface area contributed by atoms with E-state index in [4.69, 9.17) is 16.3 Å². The lowest BCUT2D eigenvalue weighted by Crippen LogP contribution is -2.06. The molecule has 3 nitrogen and oxygen atoms in total. The summed E-state index contributed by atoms with van der Waals surface area (Å²) in [6.07, 6.45) is -4.57. The minimum absolute atomic E-state index is 0.0565. The van der Waals surface area contributed by atoms with Crippen LogP contribution in [-0.2, 0) is 17.3 Å². The SMILES string of the molecule is CCOC(=O)c1ccc(-c2sc(Cc3cc(F)cc(C(F)(F)F)c3)nc2C)cc1Cl. The molecule has 1 aromatic heterocycles. The van der Waals surface area contributed by atoms with Crippen LogP contribution < -0.4 is 0 Å². The van der Waals surface area contributed by atoms with Gasteiger partial charge in [-0.25, -0.2) is 14.2 Å². The number of aryl methyl sites for hydroxylation is 1. The number of ether oxygens (including phenoxy) is 1. The summed E-state index contributed by atoms with van der Waals surface area (Å²) in [5.74, 6) is -1.47. The molecular formula is C21H16ClF4NO2S. The van der Waals surface area contributed by atoms with E-state index in [2.05, 4.69) is 4.98 Å². The summed E-state index contributed by atoms with van der Waals surface area (Å²) in [4.78, 5) is 17.0. The minimum atomic E-state index is -4.63. The Morgan fingerprint density at radius 1 is 1.20 bits per heavy atom. The molecule has 0 saturated heterocycles. The molecule has 9 heteroatoms. The van der Waals surface area contributed by atoms with Crippen molar-refractivity contribution in [3.63, 3.8) is 0 Å². The molecule has 2 aromatic carbocycles. The second kappa shape index (κ2) is 8.73. The average molecular weight is 458 g/mol. The van der Waals surface area contributed by atoms with Crippen molar-refractivity contribution in [1.29, 1.82) is 0 Å². The molecule has 1 heterocycles. The van der Waals surface area contributed by atoms with Crippen molar-refractivity contribution in [3.05, 3.63) is 74.6 Å². The van der Waals surface area contributed by atoms with Crippen LogP contribution in [0.25, 0.3) is 10.4 Å². The highest BCUT2D eigenvalue weighted by Gasteiger charge is 2.31. The molecule has 0 atom stereocenters. The maximum atomic E-state index is 13.6. The van der Waals surface area contributed by atoms with Crippen LogP contribution in [0, 0.1) is 12.7 Å². The van der Waals surface area contributed by atoms with Crippen LogP contribution in [0.15, 0.2) is 36.4 Å². The topological polar surface area (TPSA) is 39.2 Å². The van der Waals surface area contributed by atoms with Crippen LogP contribution in [0.1, 0.15) is 39.1 Å². The first kappa shape index (κ1) is 22.2. The number of halogens is 5. The van der Waals surface area contributed by atoms with E-state index in [0.717, 1.165) is 17.0 Å². The average Bonchev–Trinajstić information content (AvgIpc) is 3.00. The second-order valence-corrected chi connectivity index (χ2v) is 7.95. The minimum Gasteiger partial charge on any atom is -0.462 e. The molecule has 0 aliphatic heterocycles. The number of alkyl halides is 3. The summed E-state index contributed by atoms with van der Waals surface area (Å²) in [5.41, 5.74) is 0.752. The largest absolute Gasteiger partial charge is 0.462 e. The fraction of sp³-hybridized carbons (Fsp3) is 0.238. The first-order valence-electron chi connectivity index (χ1n) is 8.88. The Morgan fingerprint density at radius 2 is 1.93 bits per heavy atom. The summed E-state index contributed by atoms with van der Waals surface area (Å²) < 4.78 is 57.4. The van der Waals surface area contributed by atoms with Crippen molar-refractivity contribution in [2.45, 2.75) is 26.4 Å². The van der Waals surface area contributed by atoms with E-state index in [1.54, 1.807) is 32.0 Å². The molecule has 0 aliphatic rings. The molecule has 0 amide bonds. The maximum absolute atomic E-state index is 13.6. The highest BCUT2D eigenvalue weighted by molar-refractivity contribution is 7.15. The van der Waals surface area contributed by atoms with E-state index in [1.807, 2.05) is 0 Å². The maximum Gasteiger partial charge on any atom is 0.416 e. The van der Waals surface area contributed by atoms with Gasteiger partial charge in [0.2, 0.25) is 0 Å². The van der Waals surface area contributed by atoms with Gasteiger partial charge in [0.05, 0.1) is 38.3 Å². The number of benzene rings is 2. The predicted octanol–water partition coefficient (Wildman–Crippen LogP) is 6.70. The van der Waals surface area contributed by atoms with Gasteiger partial charge in [-0.05, 0) is 55.3 Å². The summed E-state index contributed by atoms with van der Waals surface area (Å²) in [5, 5.41) is 0.757. The van der Waals surface area contributed by atoms with Gasteiger partial charge in [-0.1, -0.05) is 17.7 Å². The molecule has 0 aliphatic carbocycles. The lowest BCUT2D eigenvalue weighted by Gasteiger charge is -2.08. The molecule has 0 bridgehead atoms. The quantitative estimate of drug-likeness (QED) is 0.316. The van der Waals surface area contributed by atoms with Crippen LogP contribution in [0.4, 0.5) is 17.6 Å². The summed E-state index contributed by atoms with van der Waals surface area (Å²) >= 11 is 7.48. The smallest absolute Gasteiger partial charge is 0.416 e. The zero-order valence-electron chi connectivity index (χ0n) is 15.9. The Morgan fingerprint density at radius 3 is 2.57 bits per heavy atom. The number of rotatable bonds is 5. The number of carbonyl (C=O) groups is 1. The van der Waals surface area contributed by atoms with Gasteiger partial charge >= 0.3 is 12.1 Å². The van der Waals surface area contributed by atoms with Gasteiger partial charge in [0.15, 0.2) is 0 Å². The van der Waals surface area contributed by atoms with Gasteiger partial charge in [0.1, 0.15) is 5.82 Å². The Hall–Kier alpha value is -2.45. The number of nitrogens with zero attached hydrogens (tertiary/aromatic N) is 1. The molecule has 30 heavy (non-hydrogen) atoms. The third kappa shape index (κ3) is 4.99. The van der Waals surface area contributed by atoms with Gasteiger partial charge in [-0.2, -0.15) is 13.2 Å². The number of esters is 1. The van der Waals surface area contributed by atoms with Gasteiger partial charge in [-0.3, -0.25) is 0 Å². The second-order valence-electron chi connectivity index (χ2n) is 6.46. The molecule has 0 fully saturated rings. The summed E-state index contributed by atoms with van der Waals surface area (Å²) in [6, 6.07) is 7.32. The van der Waals surface area contributed by atoms with E-state index < -0.39 is 23.5 Å². The normalized spacial score (nSPS) is 11.6. The van der Waals surface area contributed by atoms with Crippen molar-refractivity contribution in [2.75, 3.05) is 6.61 Å².